The van der Waals surface area contributed by atoms with Gasteiger partial charge in [-0.3, -0.25) is 4.68 Å². The summed E-state index contributed by atoms with van der Waals surface area (Å²) in [6.45, 7) is 9.78. The number of hydrogen-bond acceptors (Lipinski definition) is 2. The Bertz CT molecular complexity index is 526. The minimum atomic E-state index is 0.474. The average molecular weight is 243 g/mol. The Labute approximate surface area is 109 Å². The van der Waals surface area contributed by atoms with Gasteiger partial charge in [0.2, 0.25) is 0 Å². The predicted molar refractivity (Wildman–Crippen MR) is 76.5 cm³/mol. The highest BCUT2D eigenvalue weighted by Gasteiger charge is 2.09. The van der Waals surface area contributed by atoms with Crippen LogP contribution in [-0.2, 0) is 13.1 Å². The van der Waals surface area contributed by atoms with E-state index in [4.69, 9.17) is 5.10 Å². The molecule has 0 unspecified atom stereocenters. The fourth-order valence-corrected chi connectivity index (χ4v) is 2.01. The number of para-hydroxylation sites is 1. The van der Waals surface area contributed by atoms with E-state index in [1.54, 1.807) is 0 Å². The summed E-state index contributed by atoms with van der Waals surface area (Å²) in [5.74, 6) is 0. The van der Waals surface area contributed by atoms with Gasteiger partial charge in [-0.2, -0.15) is 5.10 Å². The Balaban J connectivity index is 2.31. The van der Waals surface area contributed by atoms with Gasteiger partial charge in [-0.15, -0.1) is 6.58 Å². The van der Waals surface area contributed by atoms with Gasteiger partial charge in [-0.25, -0.2) is 0 Å². The Hall–Kier alpha value is -1.61. The first-order valence-corrected chi connectivity index (χ1v) is 6.51. The first-order valence-electron chi connectivity index (χ1n) is 6.51. The van der Waals surface area contributed by atoms with E-state index < -0.39 is 0 Å². The summed E-state index contributed by atoms with van der Waals surface area (Å²) in [6.07, 6.45) is 2.88. The van der Waals surface area contributed by atoms with Crippen LogP contribution in [0.1, 0.15) is 26.0 Å². The van der Waals surface area contributed by atoms with E-state index in [9.17, 15) is 0 Å². The van der Waals surface area contributed by atoms with E-state index >= 15 is 0 Å². The molecule has 1 heterocycles. The first-order chi connectivity index (χ1) is 8.72. The van der Waals surface area contributed by atoms with Crippen molar-refractivity contribution in [2.75, 3.05) is 0 Å². The van der Waals surface area contributed by atoms with Crippen LogP contribution in [0.2, 0.25) is 0 Å². The second-order valence-electron chi connectivity index (χ2n) is 4.80. The van der Waals surface area contributed by atoms with Crippen molar-refractivity contribution in [2.45, 2.75) is 39.4 Å². The number of nitrogens with one attached hydrogen (secondary N) is 1. The van der Waals surface area contributed by atoms with Gasteiger partial charge in [0, 0.05) is 24.5 Å². The van der Waals surface area contributed by atoms with Crippen molar-refractivity contribution in [1.29, 1.82) is 0 Å². The standard InChI is InChI=1S/C15H21N3/c1-4-5-10-18-15-9-7-6-8-13(15)14(17-18)11-16-12(2)3/h4,6-9,12,16H,1,5,10-11H2,2-3H3. The van der Waals surface area contributed by atoms with Gasteiger partial charge in [0.25, 0.3) is 0 Å². The molecule has 0 aliphatic carbocycles. The lowest BCUT2D eigenvalue weighted by Gasteiger charge is -2.05. The number of benzene rings is 1. The molecule has 3 heteroatoms. The van der Waals surface area contributed by atoms with Gasteiger partial charge in [-0.05, 0) is 12.5 Å². The molecule has 0 aliphatic rings. The molecule has 0 spiro atoms. The molecule has 0 radical (unpaired) electrons. The van der Waals surface area contributed by atoms with E-state index in [0.717, 1.165) is 25.2 Å². The molecule has 3 nitrogen and oxygen atoms in total. The third-order valence-electron chi connectivity index (χ3n) is 2.96. The number of allylic oxidation sites excluding steroid dienone is 1. The zero-order valence-electron chi connectivity index (χ0n) is 11.2. The molecule has 0 fully saturated rings. The second-order valence-corrected chi connectivity index (χ2v) is 4.80. The van der Waals surface area contributed by atoms with E-state index in [-0.39, 0.29) is 0 Å². The highest BCUT2D eigenvalue weighted by atomic mass is 15.3. The van der Waals surface area contributed by atoms with Gasteiger partial charge in [0.15, 0.2) is 0 Å². The predicted octanol–water partition coefficient (Wildman–Crippen LogP) is 3.11. The molecule has 0 bridgehead atoms. The van der Waals surface area contributed by atoms with E-state index in [2.05, 4.69) is 54.7 Å². The monoisotopic (exact) mass is 243 g/mol. The number of rotatable bonds is 6. The van der Waals surface area contributed by atoms with Crippen LogP contribution in [0.3, 0.4) is 0 Å². The van der Waals surface area contributed by atoms with Gasteiger partial charge < -0.3 is 5.32 Å². The summed E-state index contributed by atoms with van der Waals surface area (Å²) in [5.41, 5.74) is 2.34. The van der Waals surface area contributed by atoms with Gasteiger partial charge in [-0.1, -0.05) is 38.1 Å². The lowest BCUT2D eigenvalue weighted by atomic mass is 10.2. The minimum absolute atomic E-state index is 0.474. The normalized spacial score (nSPS) is 11.3. The molecule has 1 N–H and O–H groups in total. The molecule has 0 saturated carbocycles. The molecule has 1 aromatic heterocycles. The summed E-state index contributed by atoms with van der Waals surface area (Å²) in [4.78, 5) is 0. The number of aromatic nitrogens is 2. The van der Waals surface area contributed by atoms with Crippen LogP contribution in [0, 0.1) is 0 Å². The van der Waals surface area contributed by atoms with E-state index in [1.807, 2.05) is 6.08 Å². The highest BCUT2D eigenvalue weighted by molar-refractivity contribution is 5.81. The Morgan fingerprint density at radius 2 is 2.17 bits per heavy atom. The average Bonchev–Trinajstić information content (AvgIpc) is 2.72. The molecule has 1 aromatic carbocycles. The molecular formula is C15H21N3. The Morgan fingerprint density at radius 1 is 1.39 bits per heavy atom. The third kappa shape index (κ3) is 2.79. The molecule has 2 rings (SSSR count). The van der Waals surface area contributed by atoms with Crippen molar-refractivity contribution < 1.29 is 0 Å². The first kappa shape index (κ1) is 12.8. The van der Waals surface area contributed by atoms with Crippen LogP contribution >= 0.6 is 0 Å². The molecule has 0 aliphatic heterocycles. The fourth-order valence-electron chi connectivity index (χ4n) is 2.01. The molecule has 18 heavy (non-hydrogen) atoms. The van der Waals surface area contributed by atoms with Crippen LogP contribution in [0.25, 0.3) is 10.9 Å². The van der Waals surface area contributed by atoms with Crippen molar-refractivity contribution in [3.63, 3.8) is 0 Å². The summed E-state index contributed by atoms with van der Waals surface area (Å²) >= 11 is 0. The molecule has 2 aromatic rings. The zero-order valence-corrected chi connectivity index (χ0v) is 11.2. The second kappa shape index (κ2) is 5.83. The van der Waals surface area contributed by atoms with Crippen molar-refractivity contribution in [3.05, 3.63) is 42.6 Å². The summed E-state index contributed by atoms with van der Waals surface area (Å²) in [5, 5.41) is 9.38. The van der Waals surface area contributed by atoms with Gasteiger partial charge >= 0.3 is 0 Å². The van der Waals surface area contributed by atoms with Crippen molar-refractivity contribution >= 4 is 10.9 Å². The van der Waals surface area contributed by atoms with E-state index in [1.165, 1.54) is 10.9 Å². The highest BCUT2D eigenvalue weighted by Crippen LogP contribution is 2.18. The largest absolute Gasteiger partial charge is 0.309 e. The number of aryl methyl sites for hydroxylation is 1. The Morgan fingerprint density at radius 3 is 2.89 bits per heavy atom. The Kier molecular flexibility index (Phi) is 4.15. The fraction of sp³-hybridized carbons (Fsp3) is 0.400. The molecule has 0 atom stereocenters. The number of nitrogens with zero attached hydrogens (tertiary/aromatic N) is 2. The molecular weight excluding hydrogens is 222 g/mol. The maximum Gasteiger partial charge on any atom is 0.0841 e. The SMILES string of the molecule is C=CCCn1nc(CNC(C)C)c2ccccc21. The summed E-state index contributed by atoms with van der Waals surface area (Å²) in [6, 6.07) is 8.88. The zero-order chi connectivity index (χ0) is 13.0. The van der Waals surface area contributed by atoms with Gasteiger partial charge in [0.05, 0.1) is 11.2 Å². The topological polar surface area (TPSA) is 29.9 Å². The van der Waals surface area contributed by atoms with E-state index in [0.29, 0.717) is 6.04 Å². The van der Waals surface area contributed by atoms with Crippen LogP contribution in [0.4, 0.5) is 0 Å². The van der Waals surface area contributed by atoms with Crippen molar-refractivity contribution in [1.82, 2.24) is 15.1 Å². The van der Waals surface area contributed by atoms with Gasteiger partial charge in [0.1, 0.15) is 0 Å². The smallest absolute Gasteiger partial charge is 0.0841 e. The number of hydrogen-bond donors (Lipinski definition) is 1. The quantitative estimate of drug-likeness (QED) is 0.790. The lowest BCUT2D eigenvalue weighted by Crippen LogP contribution is -2.22. The lowest BCUT2D eigenvalue weighted by molar-refractivity contribution is 0.566. The van der Waals surface area contributed by atoms with Crippen LogP contribution in [0.15, 0.2) is 36.9 Å². The minimum Gasteiger partial charge on any atom is -0.309 e. The molecule has 0 saturated heterocycles. The molecule has 0 amide bonds. The maximum atomic E-state index is 4.71. The summed E-state index contributed by atoms with van der Waals surface area (Å²) < 4.78 is 2.08. The van der Waals surface area contributed by atoms with Crippen molar-refractivity contribution in [3.8, 4) is 0 Å². The summed E-state index contributed by atoms with van der Waals surface area (Å²) in [7, 11) is 0. The van der Waals surface area contributed by atoms with Crippen molar-refractivity contribution in [2.24, 2.45) is 0 Å². The van der Waals surface area contributed by atoms with Crippen LogP contribution in [-0.4, -0.2) is 15.8 Å². The number of fused-ring (bicyclic) bond motifs is 1. The van der Waals surface area contributed by atoms with Crippen LogP contribution < -0.4 is 5.32 Å². The van der Waals surface area contributed by atoms with Crippen LogP contribution in [0.5, 0.6) is 0 Å². The third-order valence-corrected chi connectivity index (χ3v) is 2.96. The molecule has 96 valence electrons. The maximum absolute atomic E-state index is 4.71.